The van der Waals surface area contributed by atoms with Crippen molar-refractivity contribution in [2.24, 2.45) is 0 Å². The van der Waals surface area contributed by atoms with Gasteiger partial charge in [-0.2, -0.15) is 0 Å². The highest BCUT2D eigenvalue weighted by Gasteiger charge is 2.22. The van der Waals surface area contributed by atoms with E-state index < -0.39 is 12.0 Å². The van der Waals surface area contributed by atoms with Gasteiger partial charge >= 0.3 is 5.97 Å². The molecule has 5 nitrogen and oxygen atoms in total. The second-order valence-electron chi connectivity index (χ2n) is 4.92. The average molecular weight is 294 g/mol. The minimum absolute atomic E-state index is 0.250. The van der Waals surface area contributed by atoms with Crippen LogP contribution in [-0.2, 0) is 4.79 Å². The molecule has 2 heterocycles. The van der Waals surface area contributed by atoms with E-state index in [0.29, 0.717) is 16.6 Å². The minimum Gasteiger partial charge on any atom is -0.480 e. The Hall–Kier alpha value is -1.69. The number of carboxylic acid groups (broad SMARTS) is 1. The van der Waals surface area contributed by atoms with E-state index in [1.807, 2.05) is 20.8 Å². The van der Waals surface area contributed by atoms with Gasteiger partial charge in [0.25, 0.3) is 5.56 Å². The third-order valence-electron chi connectivity index (χ3n) is 3.57. The molecule has 0 radical (unpaired) electrons. The number of thiophene rings is 1. The molecule has 1 unspecified atom stereocenters. The summed E-state index contributed by atoms with van der Waals surface area (Å²) >= 11 is 1.47. The molecule has 108 valence electrons. The Morgan fingerprint density at radius 1 is 1.50 bits per heavy atom. The summed E-state index contributed by atoms with van der Waals surface area (Å²) in [6, 6.07) is -0.834. The van der Waals surface area contributed by atoms with Crippen LogP contribution in [0, 0.1) is 13.8 Å². The molecule has 0 bridgehead atoms. The second-order valence-corrected chi connectivity index (χ2v) is 6.12. The zero-order chi connectivity index (χ0) is 14.9. The van der Waals surface area contributed by atoms with E-state index in [1.165, 1.54) is 22.2 Å². The second kappa shape index (κ2) is 5.75. The Morgan fingerprint density at radius 2 is 2.20 bits per heavy atom. The highest BCUT2D eigenvalue weighted by atomic mass is 32.1. The normalized spacial score (nSPS) is 12.8. The molecule has 1 N–H and O–H groups in total. The summed E-state index contributed by atoms with van der Waals surface area (Å²) in [6.07, 6.45) is 3.48. The molecule has 2 aromatic rings. The number of aliphatic carboxylic acids is 1. The first-order chi connectivity index (χ1) is 9.47. The largest absolute Gasteiger partial charge is 0.480 e. The number of unbranched alkanes of at least 4 members (excludes halogenated alkanes) is 1. The van der Waals surface area contributed by atoms with Crippen LogP contribution in [0.4, 0.5) is 0 Å². The molecule has 0 spiro atoms. The van der Waals surface area contributed by atoms with Crippen molar-refractivity contribution in [3.05, 3.63) is 27.1 Å². The predicted octanol–water partition coefficient (Wildman–Crippen LogP) is 2.89. The molecule has 0 saturated carbocycles. The van der Waals surface area contributed by atoms with Gasteiger partial charge in [-0.25, -0.2) is 9.78 Å². The number of aryl methyl sites for hydroxylation is 2. The van der Waals surface area contributed by atoms with Gasteiger partial charge in [0.15, 0.2) is 0 Å². The Balaban J connectivity index is 2.58. The smallest absolute Gasteiger partial charge is 0.326 e. The lowest BCUT2D eigenvalue weighted by molar-refractivity contribution is -0.141. The van der Waals surface area contributed by atoms with Crippen molar-refractivity contribution in [2.45, 2.75) is 46.1 Å². The third kappa shape index (κ3) is 2.47. The molecule has 0 aliphatic carbocycles. The molecule has 2 rings (SSSR count). The number of aromatic nitrogens is 2. The third-order valence-corrected chi connectivity index (χ3v) is 4.68. The maximum atomic E-state index is 12.5. The van der Waals surface area contributed by atoms with Crippen LogP contribution in [0.25, 0.3) is 10.2 Å². The maximum absolute atomic E-state index is 12.5. The van der Waals surface area contributed by atoms with Gasteiger partial charge in [0.05, 0.1) is 11.7 Å². The molecule has 20 heavy (non-hydrogen) atoms. The lowest BCUT2D eigenvalue weighted by atomic mass is 10.1. The van der Waals surface area contributed by atoms with Crippen molar-refractivity contribution in [2.75, 3.05) is 0 Å². The van der Waals surface area contributed by atoms with Gasteiger partial charge in [-0.15, -0.1) is 11.3 Å². The molecule has 0 fully saturated rings. The predicted molar refractivity (Wildman–Crippen MR) is 79.6 cm³/mol. The molecular formula is C14H18N2O3S. The summed E-state index contributed by atoms with van der Waals surface area (Å²) in [5.74, 6) is -0.980. The van der Waals surface area contributed by atoms with E-state index in [1.54, 1.807) is 0 Å². The van der Waals surface area contributed by atoms with Gasteiger partial charge in [0.2, 0.25) is 0 Å². The van der Waals surface area contributed by atoms with Crippen LogP contribution < -0.4 is 5.56 Å². The zero-order valence-corrected chi connectivity index (χ0v) is 12.7. The van der Waals surface area contributed by atoms with E-state index in [0.717, 1.165) is 23.3 Å². The molecule has 2 aromatic heterocycles. The van der Waals surface area contributed by atoms with Crippen molar-refractivity contribution in [3.8, 4) is 0 Å². The van der Waals surface area contributed by atoms with Gasteiger partial charge in [-0.1, -0.05) is 19.8 Å². The topological polar surface area (TPSA) is 72.2 Å². The highest BCUT2D eigenvalue weighted by molar-refractivity contribution is 7.18. The molecule has 0 amide bonds. The van der Waals surface area contributed by atoms with Gasteiger partial charge in [-0.3, -0.25) is 9.36 Å². The van der Waals surface area contributed by atoms with Crippen molar-refractivity contribution >= 4 is 27.5 Å². The summed E-state index contributed by atoms with van der Waals surface area (Å²) in [5.41, 5.74) is 0.650. The fourth-order valence-electron chi connectivity index (χ4n) is 2.25. The zero-order valence-electron chi connectivity index (χ0n) is 11.8. The Bertz CT molecular complexity index is 702. The summed E-state index contributed by atoms with van der Waals surface area (Å²) < 4.78 is 1.26. The first-order valence-electron chi connectivity index (χ1n) is 6.67. The van der Waals surface area contributed by atoms with Crippen LogP contribution in [0.2, 0.25) is 0 Å². The highest BCUT2D eigenvalue weighted by Crippen LogP contribution is 2.26. The van der Waals surface area contributed by atoms with Crippen molar-refractivity contribution in [1.82, 2.24) is 9.55 Å². The summed E-state index contributed by atoms with van der Waals surface area (Å²) in [7, 11) is 0. The first-order valence-corrected chi connectivity index (χ1v) is 7.48. The van der Waals surface area contributed by atoms with Gasteiger partial charge in [0, 0.05) is 4.88 Å². The Labute approximate surface area is 120 Å². The lowest BCUT2D eigenvalue weighted by Gasteiger charge is -2.14. The number of carboxylic acids is 1. The van der Waals surface area contributed by atoms with Crippen molar-refractivity contribution in [3.63, 3.8) is 0 Å². The molecule has 0 aromatic carbocycles. The Morgan fingerprint density at radius 3 is 2.80 bits per heavy atom. The fourth-order valence-corrected chi connectivity index (χ4v) is 3.24. The van der Waals surface area contributed by atoms with Crippen LogP contribution in [0.15, 0.2) is 11.1 Å². The number of rotatable bonds is 5. The summed E-state index contributed by atoms with van der Waals surface area (Å²) in [6.45, 7) is 5.82. The first kappa shape index (κ1) is 14.7. The quantitative estimate of drug-likeness (QED) is 0.920. The van der Waals surface area contributed by atoms with Gasteiger partial charge in [-0.05, 0) is 25.8 Å². The number of hydrogen-bond donors (Lipinski definition) is 1. The van der Waals surface area contributed by atoms with E-state index >= 15 is 0 Å². The van der Waals surface area contributed by atoms with E-state index in [2.05, 4.69) is 4.98 Å². The van der Waals surface area contributed by atoms with E-state index in [-0.39, 0.29) is 5.56 Å². The van der Waals surface area contributed by atoms with Gasteiger partial charge in [0.1, 0.15) is 10.9 Å². The standard InChI is InChI=1S/C14H18N2O3S/c1-4-5-6-10(14(18)19)16-7-15-12-11(13(16)17)8(2)9(3)20-12/h7,10H,4-6H2,1-3H3,(H,18,19). The van der Waals surface area contributed by atoms with Crippen molar-refractivity contribution < 1.29 is 9.90 Å². The van der Waals surface area contributed by atoms with E-state index in [9.17, 15) is 14.7 Å². The summed E-state index contributed by atoms with van der Waals surface area (Å²) in [5, 5.41) is 9.89. The number of fused-ring (bicyclic) bond motifs is 1. The average Bonchev–Trinajstić information content (AvgIpc) is 2.68. The number of hydrogen-bond acceptors (Lipinski definition) is 4. The molecule has 0 aliphatic heterocycles. The number of carbonyl (C=O) groups is 1. The Kier molecular flexibility index (Phi) is 4.23. The maximum Gasteiger partial charge on any atom is 0.326 e. The van der Waals surface area contributed by atoms with Crippen LogP contribution >= 0.6 is 11.3 Å². The van der Waals surface area contributed by atoms with Crippen LogP contribution in [0.1, 0.15) is 42.7 Å². The monoisotopic (exact) mass is 294 g/mol. The lowest BCUT2D eigenvalue weighted by Crippen LogP contribution is -2.30. The number of nitrogens with zero attached hydrogens (tertiary/aromatic N) is 2. The SMILES string of the molecule is CCCCC(C(=O)O)n1cnc2sc(C)c(C)c2c1=O. The molecular weight excluding hydrogens is 276 g/mol. The molecule has 6 heteroatoms. The van der Waals surface area contributed by atoms with E-state index in [4.69, 9.17) is 0 Å². The molecule has 0 saturated heterocycles. The fraction of sp³-hybridized carbons (Fsp3) is 0.500. The van der Waals surface area contributed by atoms with Crippen LogP contribution in [-0.4, -0.2) is 20.6 Å². The minimum atomic E-state index is -0.980. The molecule has 0 aliphatic rings. The van der Waals surface area contributed by atoms with Gasteiger partial charge < -0.3 is 5.11 Å². The van der Waals surface area contributed by atoms with Crippen LogP contribution in [0.3, 0.4) is 0 Å². The van der Waals surface area contributed by atoms with Crippen LogP contribution in [0.5, 0.6) is 0 Å². The summed E-state index contributed by atoms with van der Waals surface area (Å²) in [4.78, 5) is 29.9. The molecule has 1 atom stereocenters. The van der Waals surface area contributed by atoms with Crippen molar-refractivity contribution in [1.29, 1.82) is 0 Å².